The Hall–Kier alpha value is -1.10. The van der Waals surface area contributed by atoms with Gasteiger partial charge in [0.15, 0.2) is 5.78 Å². The highest BCUT2D eigenvalue weighted by Gasteiger charge is 2.26. The molecule has 84 valence electrons. The lowest BCUT2D eigenvalue weighted by molar-refractivity contribution is -0.122. The highest BCUT2D eigenvalue weighted by Crippen LogP contribution is 2.27. The molecule has 0 atom stereocenters. The SMILES string of the molecule is CCC(C)(C)/C=C(\C#N)C(=O)C(C)(C)C. The molecule has 0 aliphatic rings. The van der Waals surface area contributed by atoms with Gasteiger partial charge in [0, 0.05) is 5.41 Å². The zero-order valence-corrected chi connectivity index (χ0v) is 10.6. The van der Waals surface area contributed by atoms with Gasteiger partial charge in [-0.3, -0.25) is 4.79 Å². The monoisotopic (exact) mass is 207 g/mol. The summed E-state index contributed by atoms with van der Waals surface area (Å²) < 4.78 is 0. The molecule has 0 aromatic heterocycles. The third-order valence-corrected chi connectivity index (χ3v) is 2.49. The van der Waals surface area contributed by atoms with Crippen LogP contribution in [-0.4, -0.2) is 5.78 Å². The number of carbonyl (C=O) groups excluding carboxylic acids is 1. The molecule has 0 unspecified atom stereocenters. The maximum atomic E-state index is 11.9. The van der Waals surface area contributed by atoms with E-state index in [9.17, 15) is 4.79 Å². The second-order valence-corrected chi connectivity index (χ2v) is 5.59. The number of nitrogens with zero attached hydrogens (tertiary/aromatic N) is 1. The lowest BCUT2D eigenvalue weighted by Gasteiger charge is -2.21. The smallest absolute Gasteiger partial charge is 0.178 e. The molecule has 0 aliphatic carbocycles. The number of allylic oxidation sites excluding steroid dienone is 2. The molecule has 0 spiro atoms. The first-order valence-electron chi connectivity index (χ1n) is 5.32. The predicted octanol–water partition coefficient (Wildman–Crippen LogP) is 3.49. The number of Topliss-reactive ketones (excluding diaryl/α,β-unsaturated/α-hetero) is 1. The summed E-state index contributed by atoms with van der Waals surface area (Å²) in [6.45, 7) is 11.6. The van der Waals surface area contributed by atoms with Gasteiger partial charge in [-0.15, -0.1) is 0 Å². The van der Waals surface area contributed by atoms with Crippen molar-refractivity contribution in [2.75, 3.05) is 0 Å². The molecule has 0 aliphatic heterocycles. The molecule has 0 bridgehead atoms. The number of hydrogen-bond donors (Lipinski definition) is 0. The largest absolute Gasteiger partial charge is 0.293 e. The van der Waals surface area contributed by atoms with Crippen molar-refractivity contribution in [1.29, 1.82) is 5.26 Å². The summed E-state index contributed by atoms with van der Waals surface area (Å²) in [6.07, 6.45) is 2.70. The summed E-state index contributed by atoms with van der Waals surface area (Å²) in [5.41, 5.74) is -0.286. The molecule has 0 fully saturated rings. The Balaban J connectivity index is 5.14. The van der Waals surface area contributed by atoms with Crippen LogP contribution in [0.15, 0.2) is 11.6 Å². The van der Waals surface area contributed by atoms with Gasteiger partial charge in [-0.1, -0.05) is 47.6 Å². The second-order valence-electron chi connectivity index (χ2n) is 5.59. The minimum absolute atomic E-state index is 0.0773. The lowest BCUT2D eigenvalue weighted by atomic mass is 9.82. The Morgan fingerprint density at radius 2 is 1.73 bits per heavy atom. The van der Waals surface area contributed by atoms with Gasteiger partial charge in [-0.2, -0.15) is 5.26 Å². The number of nitriles is 1. The third kappa shape index (κ3) is 4.29. The van der Waals surface area contributed by atoms with Crippen LogP contribution in [0.3, 0.4) is 0 Å². The Bertz CT molecular complexity index is 310. The van der Waals surface area contributed by atoms with Crippen LogP contribution < -0.4 is 0 Å². The molecule has 0 amide bonds. The van der Waals surface area contributed by atoms with Crippen LogP contribution in [0.5, 0.6) is 0 Å². The quantitative estimate of drug-likeness (QED) is 0.525. The first-order valence-corrected chi connectivity index (χ1v) is 5.32. The van der Waals surface area contributed by atoms with Crippen LogP contribution in [0.4, 0.5) is 0 Å². The van der Waals surface area contributed by atoms with Crippen LogP contribution in [0.2, 0.25) is 0 Å². The third-order valence-electron chi connectivity index (χ3n) is 2.49. The van der Waals surface area contributed by atoms with E-state index in [-0.39, 0.29) is 16.8 Å². The fraction of sp³-hybridized carbons (Fsp3) is 0.692. The van der Waals surface area contributed by atoms with Crippen molar-refractivity contribution in [3.8, 4) is 6.07 Å². The van der Waals surface area contributed by atoms with E-state index in [0.717, 1.165) is 6.42 Å². The fourth-order valence-corrected chi connectivity index (χ4v) is 1.05. The van der Waals surface area contributed by atoms with Gasteiger partial charge >= 0.3 is 0 Å². The molecule has 0 saturated carbocycles. The Morgan fingerprint density at radius 1 is 1.27 bits per heavy atom. The van der Waals surface area contributed by atoms with E-state index >= 15 is 0 Å². The standard InChI is InChI=1S/C13H21NO/c1-7-13(5,6)8-10(9-14)11(15)12(2,3)4/h8H,7H2,1-6H3/b10-8+. The lowest BCUT2D eigenvalue weighted by Crippen LogP contribution is -2.23. The highest BCUT2D eigenvalue weighted by atomic mass is 16.1. The van der Waals surface area contributed by atoms with Crippen molar-refractivity contribution in [3.63, 3.8) is 0 Å². The van der Waals surface area contributed by atoms with Crippen molar-refractivity contribution in [3.05, 3.63) is 11.6 Å². The molecule has 0 radical (unpaired) electrons. The van der Waals surface area contributed by atoms with Gasteiger partial charge in [0.05, 0.1) is 5.57 Å². The van der Waals surface area contributed by atoms with Gasteiger partial charge in [0.25, 0.3) is 0 Å². The molecular formula is C13H21NO. The normalized spacial score (nSPS) is 13.5. The Kier molecular flexibility index (Phi) is 4.27. The minimum atomic E-state index is -0.481. The summed E-state index contributed by atoms with van der Waals surface area (Å²) in [4.78, 5) is 11.9. The summed E-state index contributed by atoms with van der Waals surface area (Å²) in [5.74, 6) is -0.0773. The van der Waals surface area contributed by atoms with Crippen LogP contribution >= 0.6 is 0 Å². The van der Waals surface area contributed by atoms with Crippen LogP contribution in [0.25, 0.3) is 0 Å². The number of hydrogen-bond acceptors (Lipinski definition) is 2. The van der Waals surface area contributed by atoms with Gasteiger partial charge in [0.2, 0.25) is 0 Å². The van der Waals surface area contributed by atoms with Crippen molar-refractivity contribution >= 4 is 5.78 Å². The molecule has 0 rings (SSSR count). The zero-order chi connectivity index (χ0) is 12.3. The van der Waals surface area contributed by atoms with E-state index < -0.39 is 5.41 Å². The van der Waals surface area contributed by atoms with Crippen molar-refractivity contribution < 1.29 is 4.79 Å². The van der Waals surface area contributed by atoms with E-state index in [1.807, 2.05) is 47.6 Å². The number of ketones is 1. The van der Waals surface area contributed by atoms with Crippen molar-refractivity contribution in [2.45, 2.75) is 48.0 Å². The van der Waals surface area contributed by atoms with Gasteiger partial charge in [-0.25, -0.2) is 0 Å². The average Bonchev–Trinajstić information content (AvgIpc) is 2.11. The van der Waals surface area contributed by atoms with Crippen molar-refractivity contribution in [2.24, 2.45) is 10.8 Å². The topological polar surface area (TPSA) is 40.9 Å². The maximum absolute atomic E-state index is 11.9. The van der Waals surface area contributed by atoms with E-state index in [4.69, 9.17) is 5.26 Å². The second kappa shape index (κ2) is 4.61. The van der Waals surface area contributed by atoms with Gasteiger partial charge in [-0.05, 0) is 11.8 Å². The van der Waals surface area contributed by atoms with Gasteiger partial charge < -0.3 is 0 Å². The van der Waals surface area contributed by atoms with E-state index in [2.05, 4.69) is 0 Å². The van der Waals surface area contributed by atoms with E-state index in [1.165, 1.54) is 0 Å². The number of carbonyl (C=O) groups is 1. The summed E-state index contributed by atoms with van der Waals surface area (Å²) >= 11 is 0. The van der Waals surface area contributed by atoms with Gasteiger partial charge in [0.1, 0.15) is 6.07 Å². The summed E-state index contributed by atoms with van der Waals surface area (Å²) in [5, 5.41) is 8.98. The first-order chi connectivity index (χ1) is 6.64. The molecule has 0 heterocycles. The fourth-order valence-electron chi connectivity index (χ4n) is 1.05. The molecule has 2 heteroatoms. The molecule has 2 nitrogen and oxygen atoms in total. The molecular weight excluding hydrogens is 186 g/mol. The zero-order valence-electron chi connectivity index (χ0n) is 10.6. The number of rotatable bonds is 3. The molecule has 0 aromatic rings. The van der Waals surface area contributed by atoms with E-state index in [1.54, 1.807) is 6.08 Å². The van der Waals surface area contributed by atoms with Crippen LogP contribution in [0, 0.1) is 22.2 Å². The first kappa shape index (κ1) is 13.9. The molecule has 0 aromatic carbocycles. The van der Waals surface area contributed by atoms with E-state index in [0.29, 0.717) is 0 Å². The summed E-state index contributed by atoms with van der Waals surface area (Å²) in [7, 11) is 0. The van der Waals surface area contributed by atoms with Crippen LogP contribution in [0.1, 0.15) is 48.0 Å². The minimum Gasteiger partial charge on any atom is -0.293 e. The van der Waals surface area contributed by atoms with Crippen LogP contribution in [-0.2, 0) is 4.79 Å². The Morgan fingerprint density at radius 3 is 2.00 bits per heavy atom. The van der Waals surface area contributed by atoms with Crippen molar-refractivity contribution in [1.82, 2.24) is 0 Å². The maximum Gasteiger partial charge on any atom is 0.178 e. The average molecular weight is 207 g/mol. The molecule has 0 N–H and O–H groups in total. The summed E-state index contributed by atoms with van der Waals surface area (Å²) in [6, 6.07) is 2.01. The highest BCUT2D eigenvalue weighted by molar-refractivity contribution is 6.02. The predicted molar refractivity (Wildman–Crippen MR) is 62.2 cm³/mol. The Labute approximate surface area is 93.0 Å². The molecule has 15 heavy (non-hydrogen) atoms. The molecule has 0 saturated heterocycles.